The van der Waals surface area contributed by atoms with Crippen molar-refractivity contribution in [2.75, 3.05) is 19.7 Å². The minimum atomic E-state index is -3.60. The van der Waals surface area contributed by atoms with Crippen LogP contribution in [0.4, 0.5) is 0 Å². The zero-order valence-corrected chi connectivity index (χ0v) is 17.0. The number of nitrogens with one attached hydrogen (secondary N) is 2. The van der Waals surface area contributed by atoms with E-state index in [1.807, 2.05) is 24.3 Å². The van der Waals surface area contributed by atoms with Crippen molar-refractivity contribution in [3.63, 3.8) is 0 Å². The molecule has 0 atom stereocenters. The van der Waals surface area contributed by atoms with E-state index in [4.69, 9.17) is 4.74 Å². The number of rotatable bonds is 10. The highest BCUT2D eigenvalue weighted by Crippen LogP contribution is 2.18. The molecule has 0 saturated heterocycles. The number of sulfonamides is 1. The van der Waals surface area contributed by atoms with Gasteiger partial charge >= 0.3 is 0 Å². The van der Waals surface area contributed by atoms with Gasteiger partial charge in [0.05, 0.1) is 11.4 Å². The highest BCUT2D eigenvalue weighted by molar-refractivity contribution is 7.89. The van der Waals surface area contributed by atoms with Gasteiger partial charge in [0.25, 0.3) is 5.91 Å². The van der Waals surface area contributed by atoms with Gasteiger partial charge in [-0.2, -0.15) is 0 Å². The Kier molecular flexibility index (Phi) is 7.78. The summed E-state index contributed by atoms with van der Waals surface area (Å²) in [5, 5.41) is 2.75. The molecule has 0 unspecified atom stereocenters. The lowest BCUT2D eigenvalue weighted by Gasteiger charge is -2.10. The van der Waals surface area contributed by atoms with Crippen LogP contribution in [0.15, 0.2) is 66.1 Å². The van der Waals surface area contributed by atoms with Crippen molar-refractivity contribution in [2.45, 2.75) is 24.7 Å². The van der Waals surface area contributed by atoms with Crippen LogP contribution in [0.1, 0.15) is 35.7 Å². The lowest BCUT2D eigenvalue weighted by Crippen LogP contribution is -2.28. The molecule has 0 fully saturated rings. The average molecular weight is 403 g/mol. The predicted molar refractivity (Wildman–Crippen MR) is 110 cm³/mol. The molecule has 2 N–H and O–H groups in total. The van der Waals surface area contributed by atoms with Gasteiger partial charge in [-0.3, -0.25) is 4.79 Å². The summed E-state index contributed by atoms with van der Waals surface area (Å²) in [6.45, 7) is 8.55. The number of hydrogen-bond acceptors (Lipinski definition) is 4. The summed E-state index contributed by atoms with van der Waals surface area (Å²) in [6, 6.07) is 13.6. The molecule has 1 amide bonds. The molecule has 2 aromatic carbocycles. The molecule has 2 aromatic rings. The summed E-state index contributed by atoms with van der Waals surface area (Å²) in [4.78, 5) is 12.3. The Balaban J connectivity index is 1.82. The quantitative estimate of drug-likeness (QED) is 0.472. The maximum atomic E-state index is 12.2. The molecule has 0 aliphatic heterocycles. The fourth-order valence-electron chi connectivity index (χ4n) is 2.42. The molecule has 6 nitrogen and oxygen atoms in total. The summed E-state index contributed by atoms with van der Waals surface area (Å²) in [5.41, 5.74) is 1.62. The van der Waals surface area contributed by atoms with E-state index in [9.17, 15) is 13.2 Å². The molecule has 0 aliphatic carbocycles. The van der Waals surface area contributed by atoms with Crippen molar-refractivity contribution < 1.29 is 17.9 Å². The smallest absolute Gasteiger partial charge is 0.251 e. The van der Waals surface area contributed by atoms with Crippen LogP contribution in [0.3, 0.4) is 0 Å². The minimum absolute atomic E-state index is 0.0964. The zero-order chi connectivity index (χ0) is 20.6. The Bertz CT molecular complexity index is 889. The van der Waals surface area contributed by atoms with E-state index in [0.29, 0.717) is 24.6 Å². The maximum absolute atomic E-state index is 12.2. The lowest BCUT2D eigenvalue weighted by atomic mass is 10.0. The molecule has 28 heavy (non-hydrogen) atoms. The van der Waals surface area contributed by atoms with Crippen LogP contribution < -0.4 is 14.8 Å². The summed E-state index contributed by atoms with van der Waals surface area (Å²) in [6.07, 6.45) is 1.46. The van der Waals surface area contributed by atoms with Crippen LogP contribution in [0.2, 0.25) is 0 Å². The second-order valence-corrected chi connectivity index (χ2v) is 8.26. The number of ether oxygens (including phenoxy) is 1. The van der Waals surface area contributed by atoms with Gasteiger partial charge in [-0.15, -0.1) is 6.58 Å². The van der Waals surface area contributed by atoms with Crippen molar-refractivity contribution >= 4 is 15.9 Å². The summed E-state index contributed by atoms with van der Waals surface area (Å²) < 4.78 is 32.0. The van der Waals surface area contributed by atoms with E-state index in [1.165, 1.54) is 35.9 Å². The molecule has 150 valence electrons. The zero-order valence-electron chi connectivity index (χ0n) is 16.1. The largest absolute Gasteiger partial charge is 0.492 e. The van der Waals surface area contributed by atoms with Crippen LogP contribution in [0.5, 0.6) is 5.75 Å². The number of amides is 1. The summed E-state index contributed by atoms with van der Waals surface area (Å²) in [7, 11) is -3.60. The number of benzene rings is 2. The van der Waals surface area contributed by atoms with Gasteiger partial charge < -0.3 is 10.1 Å². The predicted octanol–water partition coefficient (Wildman–Crippen LogP) is 3.08. The van der Waals surface area contributed by atoms with Crippen LogP contribution in [-0.2, 0) is 10.0 Å². The van der Waals surface area contributed by atoms with E-state index < -0.39 is 10.0 Å². The van der Waals surface area contributed by atoms with Crippen LogP contribution in [0.25, 0.3) is 0 Å². The Morgan fingerprint density at radius 2 is 1.75 bits per heavy atom. The highest BCUT2D eigenvalue weighted by atomic mass is 32.2. The van der Waals surface area contributed by atoms with Crippen LogP contribution in [-0.4, -0.2) is 34.0 Å². The van der Waals surface area contributed by atoms with E-state index in [2.05, 4.69) is 30.5 Å². The van der Waals surface area contributed by atoms with Crippen molar-refractivity contribution in [3.05, 3.63) is 72.3 Å². The average Bonchev–Trinajstić information content (AvgIpc) is 2.70. The first kappa shape index (κ1) is 21.7. The monoisotopic (exact) mass is 402 g/mol. The normalized spacial score (nSPS) is 11.2. The van der Waals surface area contributed by atoms with E-state index in [1.54, 1.807) is 0 Å². The fourth-order valence-corrected chi connectivity index (χ4v) is 3.42. The molecular weight excluding hydrogens is 376 g/mol. The maximum Gasteiger partial charge on any atom is 0.251 e. The standard InChI is InChI=1S/C21H26N2O4S/c1-4-13-23-28(25,26)20-11-7-18(8-12-20)21(24)22-14-15-27-19-9-5-17(6-10-19)16(2)3/h4-12,16,23H,1,13-15H2,2-3H3,(H,22,24). The van der Waals surface area contributed by atoms with Gasteiger partial charge in [0.2, 0.25) is 10.0 Å². The highest BCUT2D eigenvalue weighted by Gasteiger charge is 2.13. The number of carbonyl (C=O) groups excluding carboxylic acids is 1. The van der Waals surface area contributed by atoms with Gasteiger partial charge in [-0.25, -0.2) is 13.1 Å². The number of carbonyl (C=O) groups is 1. The van der Waals surface area contributed by atoms with Crippen LogP contribution in [0, 0.1) is 0 Å². The van der Waals surface area contributed by atoms with Crippen molar-refractivity contribution in [2.24, 2.45) is 0 Å². The molecular formula is C21H26N2O4S. The first-order valence-corrected chi connectivity index (χ1v) is 10.5. The molecule has 7 heteroatoms. The second-order valence-electron chi connectivity index (χ2n) is 6.49. The lowest BCUT2D eigenvalue weighted by molar-refractivity contribution is 0.0947. The second kappa shape index (κ2) is 10.1. The molecule has 0 heterocycles. The third kappa shape index (κ3) is 6.21. The number of hydrogen-bond donors (Lipinski definition) is 2. The Morgan fingerprint density at radius 1 is 1.11 bits per heavy atom. The van der Waals surface area contributed by atoms with E-state index >= 15 is 0 Å². The molecule has 2 rings (SSSR count). The first-order chi connectivity index (χ1) is 13.3. The first-order valence-electron chi connectivity index (χ1n) is 9.05. The van der Waals surface area contributed by atoms with Crippen LogP contribution >= 0.6 is 0 Å². The van der Waals surface area contributed by atoms with Gasteiger partial charge in [-0.1, -0.05) is 32.1 Å². The molecule has 0 bridgehead atoms. The van der Waals surface area contributed by atoms with E-state index in [0.717, 1.165) is 5.75 Å². The minimum Gasteiger partial charge on any atom is -0.492 e. The Hall–Kier alpha value is -2.64. The summed E-state index contributed by atoms with van der Waals surface area (Å²) >= 11 is 0. The van der Waals surface area contributed by atoms with Gasteiger partial charge in [-0.05, 0) is 47.9 Å². The molecule has 0 aromatic heterocycles. The van der Waals surface area contributed by atoms with Crippen molar-refractivity contribution in [3.8, 4) is 5.75 Å². The Morgan fingerprint density at radius 3 is 2.32 bits per heavy atom. The third-order valence-corrected chi connectivity index (χ3v) is 5.49. The molecule has 0 saturated carbocycles. The third-order valence-electron chi connectivity index (χ3n) is 4.05. The molecule has 0 spiro atoms. The van der Waals surface area contributed by atoms with Crippen molar-refractivity contribution in [1.29, 1.82) is 0 Å². The van der Waals surface area contributed by atoms with Gasteiger partial charge in [0.15, 0.2) is 0 Å². The topological polar surface area (TPSA) is 84.5 Å². The molecule has 0 radical (unpaired) electrons. The van der Waals surface area contributed by atoms with Gasteiger partial charge in [0.1, 0.15) is 12.4 Å². The SMILES string of the molecule is C=CCNS(=O)(=O)c1ccc(C(=O)NCCOc2ccc(C(C)C)cc2)cc1. The molecule has 0 aliphatic rings. The van der Waals surface area contributed by atoms with Crippen molar-refractivity contribution in [1.82, 2.24) is 10.0 Å². The summed E-state index contributed by atoms with van der Waals surface area (Å²) in [5.74, 6) is 0.925. The van der Waals surface area contributed by atoms with Gasteiger partial charge in [0, 0.05) is 12.1 Å². The van der Waals surface area contributed by atoms with E-state index in [-0.39, 0.29) is 17.3 Å². The Labute approximate surface area is 166 Å². The fraction of sp³-hybridized carbons (Fsp3) is 0.286.